The Kier molecular flexibility index (Phi) is 2.79. The van der Waals surface area contributed by atoms with Gasteiger partial charge in [0.25, 0.3) is 0 Å². The highest BCUT2D eigenvalue weighted by Crippen LogP contribution is 2.34. The van der Waals surface area contributed by atoms with E-state index in [0.29, 0.717) is 0 Å². The molecule has 1 heterocycles. The van der Waals surface area contributed by atoms with E-state index in [9.17, 15) is 0 Å². The van der Waals surface area contributed by atoms with E-state index >= 15 is 0 Å². The van der Waals surface area contributed by atoms with Crippen molar-refractivity contribution < 1.29 is 0 Å². The zero-order valence-electron chi connectivity index (χ0n) is 7.59. The average molecular weight is 314 g/mol. The van der Waals surface area contributed by atoms with Gasteiger partial charge in [-0.05, 0) is 24.3 Å². The van der Waals surface area contributed by atoms with Crippen LogP contribution in [0, 0.1) is 6.20 Å². The molecule has 0 atom stereocenters. The molecule has 0 unspecified atom stereocenters. The number of nitrogens with zero attached hydrogens (tertiary/aromatic N) is 1. The molecule has 3 heteroatoms. The van der Waals surface area contributed by atoms with Gasteiger partial charge >= 0.3 is 0 Å². The van der Waals surface area contributed by atoms with E-state index in [4.69, 9.17) is 0 Å². The highest BCUT2D eigenvalue weighted by molar-refractivity contribution is 9.11. The molecule has 1 aromatic heterocycles. The zero-order valence-corrected chi connectivity index (χ0v) is 10.8. The molecule has 0 aliphatic rings. The Morgan fingerprint density at radius 1 is 1.14 bits per heavy atom. The van der Waals surface area contributed by atoms with Crippen LogP contribution in [-0.4, -0.2) is 4.57 Å². The highest BCUT2D eigenvalue weighted by Gasteiger charge is 2.09. The van der Waals surface area contributed by atoms with E-state index in [-0.39, 0.29) is 0 Å². The molecular formula is C11H8Br2N. The van der Waals surface area contributed by atoms with Gasteiger partial charge in [0.2, 0.25) is 0 Å². The summed E-state index contributed by atoms with van der Waals surface area (Å²) in [5.74, 6) is 0. The third kappa shape index (κ3) is 1.66. The van der Waals surface area contributed by atoms with Crippen LogP contribution in [0.15, 0.2) is 39.3 Å². The molecule has 0 N–H and O–H groups in total. The quantitative estimate of drug-likeness (QED) is 0.749. The fraction of sp³-hybridized carbons (Fsp3) is 0.0909. The predicted molar refractivity (Wildman–Crippen MR) is 65.1 cm³/mol. The molecule has 2 aromatic rings. The molecule has 1 aromatic carbocycles. The van der Waals surface area contributed by atoms with Gasteiger partial charge in [-0.3, -0.25) is 0 Å². The van der Waals surface area contributed by atoms with Crippen LogP contribution in [0.2, 0.25) is 0 Å². The van der Waals surface area contributed by atoms with Crippen molar-refractivity contribution in [1.29, 1.82) is 0 Å². The summed E-state index contributed by atoms with van der Waals surface area (Å²) in [5.41, 5.74) is 2.31. The number of halogens is 2. The van der Waals surface area contributed by atoms with E-state index in [0.717, 1.165) is 20.2 Å². The molecule has 0 aliphatic heterocycles. The monoisotopic (exact) mass is 312 g/mol. The summed E-state index contributed by atoms with van der Waals surface area (Å²) >= 11 is 7.09. The summed E-state index contributed by atoms with van der Waals surface area (Å²) < 4.78 is 4.15. The molecule has 0 spiro atoms. The minimum atomic E-state index is 1.09. The van der Waals surface area contributed by atoms with Gasteiger partial charge < -0.3 is 4.57 Å². The van der Waals surface area contributed by atoms with E-state index in [2.05, 4.69) is 38.1 Å². The third-order valence-electron chi connectivity index (χ3n) is 2.09. The molecule has 0 saturated heterocycles. The fourth-order valence-corrected chi connectivity index (χ4v) is 2.81. The van der Waals surface area contributed by atoms with E-state index in [1.165, 1.54) is 0 Å². The van der Waals surface area contributed by atoms with Crippen molar-refractivity contribution in [3.8, 4) is 11.3 Å². The SMILES string of the molecule is Cn1[c]ccc1-c1c(Br)cccc1Br. The summed E-state index contributed by atoms with van der Waals surface area (Å²) in [6, 6.07) is 10.0. The van der Waals surface area contributed by atoms with Gasteiger partial charge in [-0.2, -0.15) is 0 Å². The summed E-state index contributed by atoms with van der Waals surface area (Å²) in [7, 11) is 1.99. The lowest BCUT2D eigenvalue weighted by Gasteiger charge is -2.08. The van der Waals surface area contributed by atoms with Crippen LogP contribution < -0.4 is 0 Å². The Labute approximate surface area is 100 Å². The topological polar surface area (TPSA) is 4.93 Å². The summed E-state index contributed by atoms with van der Waals surface area (Å²) in [6.07, 6.45) is 3.10. The minimum absolute atomic E-state index is 1.09. The molecular weight excluding hydrogens is 306 g/mol. The number of benzene rings is 1. The summed E-state index contributed by atoms with van der Waals surface area (Å²) in [6.45, 7) is 0. The molecule has 14 heavy (non-hydrogen) atoms. The lowest BCUT2D eigenvalue weighted by Crippen LogP contribution is -1.91. The van der Waals surface area contributed by atoms with Gasteiger partial charge in [-0.15, -0.1) is 0 Å². The first-order chi connectivity index (χ1) is 6.70. The Hall–Kier alpha value is -0.540. The van der Waals surface area contributed by atoms with Crippen molar-refractivity contribution in [3.63, 3.8) is 0 Å². The van der Waals surface area contributed by atoms with Crippen molar-refractivity contribution >= 4 is 31.9 Å². The number of aryl methyl sites for hydroxylation is 1. The maximum Gasteiger partial charge on any atom is 0.0650 e. The van der Waals surface area contributed by atoms with Crippen molar-refractivity contribution in [2.75, 3.05) is 0 Å². The standard InChI is InChI=1S/C11H8Br2N/c1-14-7-3-6-10(14)11-8(12)4-2-5-9(11)13/h2-6H,1H3. The molecule has 0 bridgehead atoms. The molecule has 2 rings (SSSR count). The first-order valence-electron chi connectivity index (χ1n) is 4.18. The van der Waals surface area contributed by atoms with E-state index in [1.807, 2.05) is 41.9 Å². The second-order valence-electron chi connectivity index (χ2n) is 3.00. The van der Waals surface area contributed by atoms with E-state index in [1.54, 1.807) is 0 Å². The Morgan fingerprint density at radius 2 is 1.79 bits per heavy atom. The van der Waals surface area contributed by atoms with Crippen molar-refractivity contribution in [2.45, 2.75) is 0 Å². The first-order valence-corrected chi connectivity index (χ1v) is 5.76. The zero-order chi connectivity index (χ0) is 10.1. The Morgan fingerprint density at radius 3 is 2.29 bits per heavy atom. The van der Waals surface area contributed by atoms with Gasteiger partial charge in [0.05, 0.1) is 11.9 Å². The van der Waals surface area contributed by atoms with Crippen LogP contribution in [0.5, 0.6) is 0 Å². The van der Waals surface area contributed by atoms with Crippen LogP contribution in [0.1, 0.15) is 0 Å². The Balaban J connectivity index is 2.68. The van der Waals surface area contributed by atoms with Crippen LogP contribution in [0.25, 0.3) is 11.3 Å². The van der Waals surface area contributed by atoms with Crippen LogP contribution in [0.4, 0.5) is 0 Å². The first kappa shape index (κ1) is 9.99. The van der Waals surface area contributed by atoms with Crippen molar-refractivity contribution in [1.82, 2.24) is 4.57 Å². The molecule has 0 fully saturated rings. The average Bonchev–Trinajstić information content (AvgIpc) is 2.52. The molecule has 71 valence electrons. The predicted octanol–water partition coefficient (Wildman–Crippen LogP) is 4.02. The van der Waals surface area contributed by atoms with E-state index < -0.39 is 0 Å². The fourth-order valence-electron chi connectivity index (χ4n) is 1.40. The van der Waals surface area contributed by atoms with Gasteiger partial charge in [0, 0.05) is 21.6 Å². The molecule has 0 aliphatic carbocycles. The molecule has 1 nitrogen and oxygen atoms in total. The second kappa shape index (κ2) is 3.91. The highest BCUT2D eigenvalue weighted by atomic mass is 79.9. The number of rotatable bonds is 1. The van der Waals surface area contributed by atoms with Gasteiger partial charge in [0.15, 0.2) is 0 Å². The van der Waals surface area contributed by atoms with Crippen molar-refractivity contribution in [2.24, 2.45) is 7.05 Å². The smallest absolute Gasteiger partial charge is 0.0650 e. The van der Waals surface area contributed by atoms with Gasteiger partial charge in [-0.1, -0.05) is 37.9 Å². The largest absolute Gasteiger partial charge is 0.342 e. The maximum absolute atomic E-state index is 3.55. The molecule has 0 saturated carbocycles. The van der Waals surface area contributed by atoms with Gasteiger partial charge in [0.1, 0.15) is 0 Å². The molecule has 0 amide bonds. The lowest BCUT2D eigenvalue weighted by molar-refractivity contribution is 0.927. The molecule has 1 radical (unpaired) electrons. The van der Waals surface area contributed by atoms with Crippen LogP contribution in [-0.2, 0) is 7.05 Å². The third-order valence-corrected chi connectivity index (χ3v) is 3.41. The number of aromatic nitrogens is 1. The van der Waals surface area contributed by atoms with Crippen molar-refractivity contribution in [3.05, 3.63) is 45.5 Å². The minimum Gasteiger partial charge on any atom is -0.342 e. The maximum atomic E-state index is 3.55. The summed E-state index contributed by atoms with van der Waals surface area (Å²) in [4.78, 5) is 0. The normalized spacial score (nSPS) is 10.5. The lowest BCUT2D eigenvalue weighted by atomic mass is 10.1. The van der Waals surface area contributed by atoms with Crippen LogP contribution in [0.3, 0.4) is 0 Å². The number of hydrogen-bond donors (Lipinski definition) is 0. The van der Waals surface area contributed by atoms with Gasteiger partial charge in [-0.25, -0.2) is 0 Å². The van der Waals surface area contributed by atoms with Crippen LogP contribution >= 0.6 is 31.9 Å². The number of hydrogen-bond acceptors (Lipinski definition) is 0. The Bertz CT molecular complexity index is 440. The summed E-state index contributed by atoms with van der Waals surface area (Å²) in [5, 5.41) is 0. The second-order valence-corrected chi connectivity index (χ2v) is 4.71.